The molecule has 13 heavy (non-hydrogen) atoms. The average Bonchev–Trinajstić information content (AvgIpc) is 2.57. The largest absolute Gasteiger partial charge is 0.316 e. The highest BCUT2D eigenvalue weighted by Crippen LogP contribution is 2.16. The molecular weight excluding hydrogens is 167 g/mol. The molecule has 0 aromatic heterocycles. The average molecular weight is 186 g/mol. The SMILES string of the molecule is FC1CCCN(CC2CCNC2)C1. The molecule has 0 aliphatic carbocycles. The highest BCUT2D eigenvalue weighted by Gasteiger charge is 2.23. The molecule has 2 fully saturated rings. The first kappa shape index (κ1) is 9.41. The monoisotopic (exact) mass is 186 g/mol. The number of hydrogen-bond donors (Lipinski definition) is 1. The van der Waals surface area contributed by atoms with E-state index < -0.39 is 6.17 Å². The van der Waals surface area contributed by atoms with Gasteiger partial charge < -0.3 is 10.2 Å². The van der Waals surface area contributed by atoms with Crippen LogP contribution in [0.4, 0.5) is 4.39 Å². The maximum Gasteiger partial charge on any atom is 0.113 e. The summed E-state index contributed by atoms with van der Waals surface area (Å²) in [7, 11) is 0. The third-order valence-corrected chi connectivity index (χ3v) is 3.13. The minimum absolute atomic E-state index is 0.567. The van der Waals surface area contributed by atoms with Crippen LogP contribution in [0.2, 0.25) is 0 Å². The van der Waals surface area contributed by atoms with Gasteiger partial charge in [0.05, 0.1) is 0 Å². The number of nitrogens with zero attached hydrogens (tertiary/aromatic N) is 1. The molecule has 0 amide bonds. The van der Waals surface area contributed by atoms with E-state index in [0.717, 1.165) is 44.9 Å². The van der Waals surface area contributed by atoms with Crippen LogP contribution in [0.1, 0.15) is 19.3 Å². The molecule has 2 atom stereocenters. The maximum atomic E-state index is 13.1. The van der Waals surface area contributed by atoms with Crippen molar-refractivity contribution in [2.45, 2.75) is 25.4 Å². The zero-order chi connectivity index (χ0) is 9.10. The fourth-order valence-corrected chi connectivity index (χ4v) is 2.40. The molecule has 2 nitrogen and oxygen atoms in total. The van der Waals surface area contributed by atoms with Gasteiger partial charge in [-0.25, -0.2) is 4.39 Å². The summed E-state index contributed by atoms with van der Waals surface area (Å²) >= 11 is 0. The van der Waals surface area contributed by atoms with Crippen molar-refractivity contribution < 1.29 is 4.39 Å². The van der Waals surface area contributed by atoms with Crippen molar-refractivity contribution in [1.29, 1.82) is 0 Å². The molecule has 2 rings (SSSR count). The van der Waals surface area contributed by atoms with E-state index in [2.05, 4.69) is 10.2 Å². The first-order chi connectivity index (χ1) is 6.34. The molecule has 2 aliphatic heterocycles. The molecule has 0 radical (unpaired) electrons. The molecule has 0 bridgehead atoms. The number of hydrogen-bond acceptors (Lipinski definition) is 2. The van der Waals surface area contributed by atoms with Gasteiger partial charge in [0.2, 0.25) is 0 Å². The topological polar surface area (TPSA) is 15.3 Å². The van der Waals surface area contributed by atoms with Gasteiger partial charge in [0.25, 0.3) is 0 Å². The van der Waals surface area contributed by atoms with Crippen LogP contribution in [0.25, 0.3) is 0 Å². The Morgan fingerprint density at radius 3 is 3.00 bits per heavy atom. The lowest BCUT2D eigenvalue weighted by Crippen LogP contribution is -2.39. The summed E-state index contributed by atoms with van der Waals surface area (Å²) in [4.78, 5) is 2.30. The number of rotatable bonds is 2. The summed E-state index contributed by atoms with van der Waals surface area (Å²) in [5.41, 5.74) is 0. The van der Waals surface area contributed by atoms with Crippen molar-refractivity contribution in [3.63, 3.8) is 0 Å². The fraction of sp³-hybridized carbons (Fsp3) is 1.00. The van der Waals surface area contributed by atoms with Crippen LogP contribution in [0.3, 0.4) is 0 Å². The van der Waals surface area contributed by atoms with Gasteiger partial charge in [-0.1, -0.05) is 0 Å². The van der Waals surface area contributed by atoms with Gasteiger partial charge in [-0.05, 0) is 44.8 Å². The van der Waals surface area contributed by atoms with E-state index >= 15 is 0 Å². The standard InChI is InChI=1S/C10H19FN2/c11-10-2-1-5-13(8-10)7-9-3-4-12-6-9/h9-10,12H,1-8H2. The van der Waals surface area contributed by atoms with Crippen LogP contribution >= 0.6 is 0 Å². The third-order valence-electron chi connectivity index (χ3n) is 3.13. The Morgan fingerprint density at radius 1 is 1.38 bits per heavy atom. The predicted molar refractivity (Wildman–Crippen MR) is 51.5 cm³/mol. The molecule has 0 saturated carbocycles. The van der Waals surface area contributed by atoms with Crippen molar-refractivity contribution in [2.24, 2.45) is 5.92 Å². The van der Waals surface area contributed by atoms with Crippen LogP contribution < -0.4 is 5.32 Å². The predicted octanol–water partition coefficient (Wildman–Crippen LogP) is 1.03. The molecule has 2 unspecified atom stereocenters. The lowest BCUT2D eigenvalue weighted by molar-refractivity contribution is 0.125. The second-order valence-corrected chi connectivity index (χ2v) is 4.36. The Hall–Kier alpha value is -0.150. The van der Waals surface area contributed by atoms with Crippen molar-refractivity contribution in [3.05, 3.63) is 0 Å². The summed E-state index contributed by atoms with van der Waals surface area (Å²) in [6.07, 6.45) is 2.52. The van der Waals surface area contributed by atoms with Crippen LogP contribution in [0, 0.1) is 5.92 Å². The normalized spacial score (nSPS) is 36.7. The zero-order valence-electron chi connectivity index (χ0n) is 8.14. The summed E-state index contributed by atoms with van der Waals surface area (Å²) < 4.78 is 13.1. The van der Waals surface area contributed by atoms with Crippen molar-refractivity contribution in [1.82, 2.24) is 10.2 Å². The van der Waals surface area contributed by atoms with Gasteiger partial charge in [-0.2, -0.15) is 0 Å². The minimum atomic E-state index is -0.567. The maximum absolute atomic E-state index is 13.1. The number of piperidine rings is 1. The third kappa shape index (κ3) is 2.64. The minimum Gasteiger partial charge on any atom is -0.316 e. The number of nitrogens with one attached hydrogen (secondary N) is 1. The van der Waals surface area contributed by atoms with Gasteiger partial charge in [-0.15, -0.1) is 0 Å². The lowest BCUT2D eigenvalue weighted by Gasteiger charge is -2.30. The first-order valence-electron chi connectivity index (χ1n) is 5.42. The summed E-state index contributed by atoms with van der Waals surface area (Å²) in [6.45, 7) is 5.17. The number of likely N-dealkylation sites (tertiary alicyclic amines) is 1. The van der Waals surface area contributed by atoms with Gasteiger partial charge in [0.1, 0.15) is 6.17 Å². The van der Waals surface area contributed by atoms with E-state index in [9.17, 15) is 4.39 Å². The van der Waals surface area contributed by atoms with Crippen molar-refractivity contribution in [3.8, 4) is 0 Å². The molecule has 1 N–H and O–H groups in total. The van der Waals surface area contributed by atoms with Crippen LogP contribution in [0.5, 0.6) is 0 Å². The quantitative estimate of drug-likeness (QED) is 0.693. The molecule has 0 aromatic carbocycles. The number of alkyl halides is 1. The Kier molecular flexibility index (Phi) is 3.17. The van der Waals surface area contributed by atoms with E-state index in [4.69, 9.17) is 0 Å². The van der Waals surface area contributed by atoms with Gasteiger partial charge in [-0.3, -0.25) is 0 Å². The first-order valence-corrected chi connectivity index (χ1v) is 5.42. The van der Waals surface area contributed by atoms with Gasteiger partial charge in [0, 0.05) is 13.1 Å². The van der Waals surface area contributed by atoms with Crippen LogP contribution in [0.15, 0.2) is 0 Å². The highest BCUT2D eigenvalue weighted by atomic mass is 19.1. The van der Waals surface area contributed by atoms with Gasteiger partial charge >= 0.3 is 0 Å². The van der Waals surface area contributed by atoms with Gasteiger partial charge in [0.15, 0.2) is 0 Å². The Morgan fingerprint density at radius 2 is 2.31 bits per heavy atom. The van der Waals surface area contributed by atoms with Crippen molar-refractivity contribution in [2.75, 3.05) is 32.7 Å². The smallest absolute Gasteiger partial charge is 0.113 e. The summed E-state index contributed by atoms with van der Waals surface area (Å²) in [5.74, 6) is 0.769. The van der Waals surface area contributed by atoms with Crippen LogP contribution in [-0.2, 0) is 0 Å². The van der Waals surface area contributed by atoms with E-state index in [1.807, 2.05) is 0 Å². The van der Waals surface area contributed by atoms with Crippen molar-refractivity contribution >= 4 is 0 Å². The van der Waals surface area contributed by atoms with E-state index in [1.54, 1.807) is 0 Å². The Bertz CT molecular complexity index is 157. The molecule has 76 valence electrons. The number of halogens is 1. The van der Waals surface area contributed by atoms with E-state index in [-0.39, 0.29) is 0 Å². The zero-order valence-corrected chi connectivity index (χ0v) is 8.14. The fourth-order valence-electron chi connectivity index (χ4n) is 2.40. The summed E-state index contributed by atoms with van der Waals surface area (Å²) in [6, 6.07) is 0. The Labute approximate surface area is 79.5 Å². The van der Waals surface area contributed by atoms with E-state index in [1.165, 1.54) is 6.42 Å². The summed E-state index contributed by atoms with van der Waals surface area (Å²) in [5, 5.41) is 3.35. The second-order valence-electron chi connectivity index (χ2n) is 4.36. The van der Waals surface area contributed by atoms with E-state index in [0.29, 0.717) is 6.54 Å². The lowest BCUT2D eigenvalue weighted by atomic mass is 10.0. The molecule has 2 saturated heterocycles. The molecule has 3 heteroatoms. The molecule has 2 aliphatic rings. The van der Waals surface area contributed by atoms with Crippen LogP contribution in [-0.4, -0.2) is 43.8 Å². The Balaban J connectivity index is 1.73. The molecule has 2 heterocycles. The molecule has 0 aromatic rings. The molecule has 0 spiro atoms. The second kappa shape index (κ2) is 4.38. The highest BCUT2D eigenvalue weighted by molar-refractivity contribution is 4.78. The molecular formula is C10H19FN2.